The molecule has 2 fully saturated rings. The van der Waals surface area contributed by atoms with E-state index in [1.54, 1.807) is 0 Å². The summed E-state index contributed by atoms with van der Waals surface area (Å²) in [6, 6.07) is 0.864. The Bertz CT molecular complexity index is 227. The fourth-order valence-electron chi connectivity index (χ4n) is 3.94. The maximum absolute atomic E-state index is 5.48. The molecule has 2 nitrogen and oxygen atoms in total. The van der Waals surface area contributed by atoms with E-state index in [9.17, 15) is 0 Å². The molecule has 19 heavy (non-hydrogen) atoms. The van der Waals surface area contributed by atoms with E-state index in [1.807, 2.05) is 7.11 Å². The maximum Gasteiger partial charge on any atom is 0.0572 e. The molecule has 0 N–H and O–H groups in total. The molecular formula is C17H33NO. The molecule has 1 aliphatic heterocycles. The van der Waals surface area contributed by atoms with E-state index in [0.717, 1.165) is 12.0 Å². The zero-order valence-corrected chi connectivity index (χ0v) is 13.1. The van der Waals surface area contributed by atoms with Crippen molar-refractivity contribution in [3.05, 3.63) is 0 Å². The van der Waals surface area contributed by atoms with Crippen molar-refractivity contribution >= 4 is 0 Å². The van der Waals surface area contributed by atoms with E-state index in [-0.39, 0.29) is 0 Å². The standard InChI is InChI=1S/C17H33NO/c1-3-4-5-6-15-11-13-18(14-12-15)16-7-9-17(19-2)10-8-16/h15-17H,3-14H2,1-2H3. The molecule has 112 valence electrons. The Morgan fingerprint density at radius 1 is 0.947 bits per heavy atom. The van der Waals surface area contributed by atoms with Crippen LogP contribution in [0.25, 0.3) is 0 Å². The van der Waals surface area contributed by atoms with Gasteiger partial charge in [-0.3, -0.25) is 0 Å². The Labute approximate surface area is 119 Å². The Morgan fingerprint density at radius 2 is 1.63 bits per heavy atom. The van der Waals surface area contributed by atoms with Gasteiger partial charge in [0.15, 0.2) is 0 Å². The van der Waals surface area contributed by atoms with Crippen LogP contribution in [0.4, 0.5) is 0 Å². The van der Waals surface area contributed by atoms with Gasteiger partial charge in [0, 0.05) is 13.2 Å². The van der Waals surface area contributed by atoms with Crippen molar-refractivity contribution in [3.8, 4) is 0 Å². The molecule has 0 aromatic rings. The summed E-state index contributed by atoms with van der Waals surface area (Å²) in [6.45, 7) is 5.02. The average molecular weight is 267 g/mol. The van der Waals surface area contributed by atoms with Crippen LogP contribution < -0.4 is 0 Å². The SMILES string of the molecule is CCCCCC1CCN(C2CCC(OC)CC2)CC1. The highest BCUT2D eigenvalue weighted by atomic mass is 16.5. The van der Waals surface area contributed by atoms with Crippen molar-refractivity contribution in [3.63, 3.8) is 0 Å². The lowest BCUT2D eigenvalue weighted by Crippen LogP contribution is -2.43. The number of piperidine rings is 1. The quantitative estimate of drug-likeness (QED) is 0.668. The number of nitrogens with zero attached hydrogens (tertiary/aromatic N) is 1. The average Bonchev–Trinajstić information content (AvgIpc) is 2.48. The van der Waals surface area contributed by atoms with Crippen LogP contribution in [-0.2, 0) is 4.74 Å². The zero-order chi connectivity index (χ0) is 13.5. The Hall–Kier alpha value is -0.0800. The molecule has 0 aromatic heterocycles. The lowest BCUT2D eigenvalue weighted by Gasteiger charge is -2.40. The summed E-state index contributed by atoms with van der Waals surface area (Å²) < 4.78 is 5.48. The van der Waals surface area contributed by atoms with Crippen LogP contribution in [0.3, 0.4) is 0 Å². The second-order valence-corrected chi connectivity index (χ2v) is 6.64. The summed E-state index contributed by atoms with van der Waals surface area (Å²) in [5.41, 5.74) is 0. The normalized spacial score (nSPS) is 30.6. The number of hydrogen-bond acceptors (Lipinski definition) is 2. The maximum atomic E-state index is 5.48. The van der Waals surface area contributed by atoms with Crippen LogP contribution in [0.1, 0.15) is 71.1 Å². The molecule has 0 aromatic carbocycles. The summed E-state index contributed by atoms with van der Waals surface area (Å²) >= 11 is 0. The van der Waals surface area contributed by atoms with Gasteiger partial charge in [-0.05, 0) is 57.5 Å². The fourth-order valence-corrected chi connectivity index (χ4v) is 3.94. The highest BCUT2D eigenvalue weighted by Gasteiger charge is 2.28. The predicted molar refractivity (Wildman–Crippen MR) is 81.5 cm³/mol. The van der Waals surface area contributed by atoms with Crippen molar-refractivity contribution in [1.29, 1.82) is 0 Å². The van der Waals surface area contributed by atoms with Crippen LogP contribution in [0.15, 0.2) is 0 Å². The Balaban J connectivity index is 1.63. The Morgan fingerprint density at radius 3 is 2.21 bits per heavy atom. The molecule has 1 aliphatic carbocycles. The van der Waals surface area contributed by atoms with E-state index >= 15 is 0 Å². The number of methoxy groups -OCH3 is 1. The van der Waals surface area contributed by atoms with Gasteiger partial charge < -0.3 is 9.64 Å². The molecule has 0 atom stereocenters. The topological polar surface area (TPSA) is 12.5 Å². The summed E-state index contributed by atoms with van der Waals surface area (Å²) in [6.07, 6.45) is 14.5. The molecule has 1 saturated heterocycles. The largest absolute Gasteiger partial charge is 0.381 e. The van der Waals surface area contributed by atoms with Crippen molar-refractivity contribution < 1.29 is 4.74 Å². The second kappa shape index (κ2) is 8.26. The highest BCUT2D eigenvalue weighted by molar-refractivity contribution is 4.83. The molecule has 0 spiro atoms. The third kappa shape index (κ3) is 4.75. The van der Waals surface area contributed by atoms with Crippen molar-refractivity contribution in [2.75, 3.05) is 20.2 Å². The molecule has 0 amide bonds. The predicted octanol–water partition coefficient (Wildman–Crippen LogP) is 4.24. The van der Waals surface area contributed by atoms with E-state index in [4.69, 9.17) is 4.74 Å². The van der Waals surface area contributed by atoms with Gasteiger partial charge in [-0.2, -0.15) is 0 Å². The summed E-state index contributed by atoms with van der Waals surface area (Å²) in [5.74, 6) is 1.03. The minimum absolute atomic E-state index is 0.544. The minimum atomic E-state index is 0.544. The first-order chi connectivity index (χ1) is 9.33. The van der Waals surface area contributed by atoms with Crippen LogP contribution in [0, 0.1) is 5.92 Å². The molecule has 2 rings (SSSR count). The number of ether oxygens (including phenoxy) is 1. The van der Waals surface area contributed by atoms with E-state index < -0.39 is 0 Å². The number of likely N-dealkylation sites (tertiary alicyclic amines) is 1. The van der Waals surface area contributed by atoms with Gasteiger partial charge in [0.05, 0.1) is 6.10 Å². The molecule has 0 unspecified atom stereocenters. The van der Waals surface area contributed by atoms with Crippen molar-refractivity contribution in [1.82, 2.24) is 4.90 Å². The molecule has 2 heteroatoms. The number of hydrogen-bond donors (Lipinski definition) is 0. The molecule has 0 bridgehead atoms. The van der Waals surface area contributed by atoms with E-state index in [1.165, 1.54) is 77.3 Å². The van der Waals surface area contributed by atoms with Crippen LogP contribution in [0.5, 0.6) is 0 Å². The third-order valence-corrected chi connectivity index (χ3v) is 5.36. The van der Waals surface area contributed by atoms with E-state index in [2.05, 4.69) is 11.8 Å². The molecular weight excluding hydrogens is 234 g/mol. The summed E-state index contributed by atoms with van der Waals surface area (Å²) in [5, 5.41) is 0. The smallest absolute Gasteiger partial charge is 0.0572 e. The lowest BCUT2D eigenvalue weighted by molar-refractivity contribution is 0.0284. The van der Waals surface area contributed by atoms with Crippen molar-refractivity contribution in [2.24, 2.45) is 5.92 Å². The van der Waals surface area contributed by atoms with Gasteiger partial charge in [0.25, 0.3) is 0 Å². The fraction of sp³-hybridized carbons (Fsp3) is 1.00. The van der Waals surface area contributed by atoms with Gasteiger partial charge in [-0.1, -0.05) is 32.6 Å². The summed E-state index contributed by atoms with van der Waals surface area (Å²) in [4.78, 5) is 2.78. The van der Waals surface area contributed by atoms with E-state index in [0.29, 0.717) is 6.10 Å². The van der Waals surface area contributed by atoms with Gasteiger partial charge in [0.2, 0.25) is 0 Å². The van der Waals surface area contributed by atoms with Crippen LogP contribution in [-0.4, -0.2) is 37.2 Å². The van der Waals surface area contributed by atoms with Gasteiger partial charge in [-0.15, -0.1) is 0 Å². The van der Waals surface area contributed by atoms with Gasteiger partial charge >= 0.3 is 0 Å². The first-order valence-corrected chi connectivity index (χ1v) is 8.60. The molecule has 1 heterocycles. The van der Waals surface area contributed by atoms with Crippen LogP contribution >= 0.6 is 0 Å². The third-order valence-electron chi connectivity index (χ3n) is 5.36. The van der Waals surface area contributed by atoms with Crippen LogP contribution in [0.2, 0.25) is 0 Å². The first-order valence-electron chi connectivity index (χ1n) is 8.60. The molecule has 0 radical (unpaired) electrons. The lowest BCUT2D eigenvalue weighted by atomic mass is 9.87. The first kappa shape index (κ1) is 15.3. The summed E-state index contributed by atoms with van der Waals surface area (Å²) in [7, 11) is 1.87. The van der Waals surface area contributed by atoms with Gasteiger partial charge in [0.1, 0.15) is 0 Å². The molecule has 2 aliphatic rings. The molecule has 1 saturated carbocycles. The number of unbranched alkanes of at least 4 members (excludes halogenated alkanes) is 2. The highest BCUT2D eigenvalue weighted by Crippen LogP contribution is 2.29. The van der Waals surface area contributed by atoms with Crippen molar-refractivity contribution in [2.45, 2.75) is 83.3 Å². The number of rotatable bonds is 6. The zero-order valence-electron chi connectivity index (χ0n) is 13.1. The second-order valence-electron chi connectivity index (χ2n) is 6.64. The monoisotopic (exact) mass is 267 g/mol. The van der Waals surface area contributed by atoms with Gasteiger partial charge in [-0.25, -0.2) is 0 Å². The minimum Gasteiger partial charge on any atom is -0.381 e. The Kier molecular flexibility index (Phi) is 6.66.